The first kappa shape index (κ1) is 14.2. The molecule has 1 N–H and O–H groups in total. The van der Waals surface area contributed by atoms with Gasteiger partial charge < -0.3 is 24.1 Å². The maximum atomic E-state index is 5.63. The Hall–Kier alpha value is -1.18. The van der Waals surface area contributed by atoms with Crippen LogP contribution in [0.4, 0.5) is 6.01 Å². The summed E-state index contributed by atoms with van der Waals surface area (Å²) in [5, 5.41) is 11.3. The van der Waals surface area contributed by atoms with Crippen molar-refractivity contribution in [1.29, 1.82) is 0 Å². The van der Waals surface area contributed by atoms with Crippen LogP contribution in [-0.2, 0) is 16.0 Å². The summed E-state index contributed by atoms with van der Waals surface area (Å²) >= 11 is 0. The fourth-order valence-corrected chi connectivity index (χ4v) is 2.10. The number of hydrogen-bond acceptors (Lipinski definition) is 7. The van der Waals surface area contributed by atoms with Gasteiger partial charge in [0.1, 0.15) is 0 Å². The van der Waals surface area contributed by atoms with Crippen LogP contribution in [0.1, 0.15) is 18.7 Å². The molecule has 1 aliphatic heterocycles. The maximum Gasteiger partial charge on any atom is 0.318 e. The van der Waals surface area contributed by atoms with Crippen molar-refractivity contribution >= 4 is 6.01 Å². The molecule has 0 saturated carbocycles. The number of nitrogens with one attached hydrogen (secondary N) is 1. The Bertz CT molecular complexity index is 364. The molecule has 7 heteroatoms. The highest BCUT2D eigenvalue weighted by atomic mass is 16.5. The van der Waals surface area contributed by atoms with Gasteiger partial charge in [0.15, 0.2) is 0 Å². The normalized spacial score (nSPS) is 17.1. The third kappa shape index (κ3) is 4.15. The molecule has 0 atom stereocenters. The lowest BCUT2D eigenvalue weighted by atomic mass is 10.1. The Balaban J connectivity index is 1.77. The van der Waals surface area contributed by atoms with E-state index in [1.165, 1.54) is 0 Å². The predicted octanol–water partition coefficient (Wildman–Crippen LogP) is 0.421. The average Bonchev–Trinajstić information content (AvgIpc) is 2.92. The molecule has 1 saturated heterocycles. The van der Waals surface area contributed by atoms with Crippen molar-refractivity contribution in [1.82, 2.24) is 15.5 Å². The fraction of sp³-hybridized carbons (Fsp3) is 0.833. The van der Waals surface area contributed by atoms with E-state index in [2.05, 4.69) is 20.4 Å². The molecule has 0 amide bonds. The average molecular weight is 270 g/mol. The molecular formula is C12H22N4O3. The van der Waals surface area contributed by atoms with Gasteiger partial charge in [0.2, 0.25) is 5.89 Å². The molecule has 19 heavy (non-hydrogen) atoms. The molecule has 0 spiro atoms. The van der Waals surface area contributed by atoms with Crippen molar-refractivity contribution in [3.63, 3.8) is 0 Å². The Labute approximate surface area is 113 Å². The van der Waals surface area contributed by atoms with E-state index in [-0.39, 0.29) is 0 Å². The second-order valence-corrected chi connectivity index (χ2v) is 4.57. The lowest BCUT2D eigenvalue weighted by molar-refractivity contribution is 0.0810. The summed E-state index contributed by atoms with van der Waals surface area (Å²) in [6.45, 7) is 3.82. The van der Waals surface area contributed by atoms with E-state index < -0.39 is 0 Å². The van der Waals surface area contributed by atoms with E-state index >= 15 is 0 Å². The first-order chi connectivity index (χ1) is 9.33. The van der Waals surface area contributed by atoms with Gasteiger partial charge in [-0.2, -0.15) is 0 Å². The number of ether oxygens (including phenoxy) is 2. The first-order valence-corrected chi connectivity index (χ1v) is 6.63. The highest BCUT2D eigenvalue weighted by molar-refractivity contribution is 5.24. The minimum absolute atomic E-state index is 0.356. The van der Waals surface area contributed by atoms with Crippen LogP contribution in [0.25, 0.3) is 0 Å². The van der Waals surface area contributed by atoms with E-state index in [0.29, 0.717) is 31.2 Å². The molecule has 0 unspecified atom stereocenters. The fourth-order valence-electron chi connectivity index (χ4n) is 2.10. The molecule has 2 heterocycles. The van der Waals surface area contributed by atoms with Gasteiger partial charge in [-0.05, 0) is 12.8 Å². The van der Waals surface area contributed by atoms with E-state index in [0.717, 1.165) is 32.5 Å². The van der Waals surface area contributed by atoms with Crippen molar-refractivity contribution < 1.29 is 13.9 Å². The monoisotopic (exact) mass is 270 g/mol. The predicted molar refractivity (Wildman–Crippen MR) is 70.1 cm³/mol. The van der Waals surface area contributed by atoms with Crippen LogP contribution in [-0.4, -0.2) is 56.8 Å². The number of anilines is 1. The van der Waals surface area contributed by atoms with Crippen LogP contribution < -0.4 is 10.2 Å². The Kier molecular flexibility index (Phi) is 5.56. The van der Waals surface area contributed by atoms with Crippen molar-refractivity contribution in [2.45, 2.75) is 25.5 Å². The molecule has 0 aliphatic carbocycles. The SMILES string of the molecule is COCCNCc1nnc(N2CCC(OC)CC2)o1. The molecule has 108 valence electrons. The van der Waals surface area contributed by atoms with E-state index in [9.17, 15) is 0 Å². The summed E-state index contributed by atoms with van der Waals surface area (Å²) in [5.41, 5.74) is 0. The van der Waals surface area contributed by atoms with Gasteiger partial charge in [-0.15, -0.1) is 5.10 Å². The van der Waals surface area contributed by atoms with Crippen LogP contribution in [0.5, 0.6) is 0 Å². The second-order valence-electron chi connectivity index (χ2n) is 4.57. The Morgan fingerprint density at radius 2 is 2.11 bits per heavy atom. The van der Waals surface area contributed by atoms with Crippen molar-refractivity contribution in [3.8, 4) is 0 Å². The molecule has 1 aromatic heterocycles. The smallest absolute Gasteiger partial charge is 0.318 e. The molecule has 0 bridgehead atoms. The maximum absolute atomic E-state index is 5.63. The molecule has 0 radical (unpaired) electrons. The van der Waals surface area contributed by atoms with Crippen molar-refractivity contribution in [2.75, 3.05) is 45.4 Å². The van der Waals surface area contributed by atoms with E-state index in [1.54, 1.807) is 14.2 Å². The van der Waals surface area contributed by atoms with Crippen LogP contribution in [0, 0.1) is 0 Å². The van der Waals surface area contributed by atoms with Gasteiger partial charge in [-0.3, -0.25) is 0 Å². The Morgan fingerprint density at radius 3 is 2.79 bits per heavy atom. The number of aromatic nitrogens is 2. The highest BCUT2D eigenvalue weighted by Crippen LogP contribution is 2.19. The first-order valence-electron chi connectivity index (χ1n) is 6.63. The minimum Gasteiger partial charge on any atom is -0.407 e. The van der Waals surface area contributed by atoms with Crippen molar-refractivity contribution in [3.05, 3.63) is 5.89 Å². The van der Waals surface area contributed by atoms with E-state index in [4.69, 9.17) is 13.9 Å². The van der Waals surface area contributed by atoms with Gasteiger partial charge in [0.25, 0.3) is 0 Å². The highest BCUT2D eigenvalue weighted by Gasteiger charge is 2.22. The van der Waals surface area contributed by atoms with E-state index in [1.807, 2.05) is 0 Å². The lowest BCUT2D eigenvalue weighted by Crippen LogP contribution is -2.36. The lowest BCUT2D eigenvalue weighted by Gasteiger charge is -2.29. The summed E-state index contributed by atoms with van der Waals surface area (Å²) < 4.78 is 15.9. The zero-order valence-electron chi connectivity index (χ0n) is 11.6. The van der Waals surface area contributed by atoms with Crippen LogP contribution in [0.3, 0.4) is 0 Å². The van der Waals surface area contributed by atoms with Gasteiger partial charge in [0.05, 0.1) is 19.3 Å². The quantitative estimate of drug-likeness (QED) is 0.720. The zero-order valence-corrected chi connectivity index (χ0v) is 11.6. The number of nitrogens with zero attached hydrogens (tertiary/aromatic N) is 3. The molecular weight excluding hydrogens is 248 g/mol. The van der Waals surface area contributed by atoms with Crippen LogP contribution >= 0.6 is 0 Å². The minimum atomic E-state index is 0.356. The molecule has 1 aliphatic rings. The summed E-state index contributed by atoms with van der Waals surface area (Å²) in [6, 6.07) is 0.609. The number of piperidine rings is 1. The topological polar surface area (TPSA) is 72.7 Å². The second kappa shape index (κ2) is 7.42. The molecule has 0 aromatic carbocycles. The third-order valence-corrected chi connectivity index (χ3v) is 3.26. The van der Waals surface area contributed by atoms with Crippen LogP contribution in [0.2, 0.25) is 0 Å². The third-order valence-electron chi connectivity index (χ3n) is 3.26. The summed E-state index contributed by atoms with van der Waals surface area (Å²) in [5.74, 6) is 0.611. The van der Waals surface area contributed by atoms with Gasteiger partial charge >= 0.3 is 6.01 Å². The van der Waals surface area contributed by atoms with Gasteiger partial charge in [-0.25, -0.2) is 0 Å². The molecule has 7 nitrogen and oxygen atoms in total. The molecule has 2 rings (SSSR count). The van der Waals surface area contributed by atoms with Crippen LogP contribution in [0.15, 0.2) is 4.42 Å². The molecule has 1 fully saturated rings. The summed E-state index contributed by atoms with van der Waals surface area (Å²) in [7, 11) is 3.44. The van der Waals surface area contributed by atoms with Gasteiger partial charge in [0, 0.05) is 33.9 Å². The largest absolute Gasteiger partial charge is 0.407 e. The van der Waals surface area contributed by atoms with Crippen molar-refractivity contribution in [2.24, 2.45) is 0 Å². The van der Waals surface area contributed by atoms with Gasteiger partial charge in [-0.1, -0.05) is 5.10 Å². The molecule has 1 aromatic rings. The number of rotatable bonds is 7. The standard InChI is InChI=1S/C12H22N4O3/c1-17-8-5-13-9-11-14-15-12(19-11)16-6-3-10(18-2)4-7-16/h10,13H,3-9H2,1-2H3. The number of hydrogen-bond donors (Lipinski definition) is 1. The zero-order chi connectivity index (χ0) is 13.5. The number of methoxy groups -OCH3 is 2. The summed E-state index contributed by atoms with van der Waals surface area (Å²) in [6.07, 6.45) is 2.36. The summed E-state index contributed by atoms with van der Waals surface area (Å²) in [4.78, 5) is 2.11. The Morgan fingerprint density at radius 1 is 1.32 bits per heavy atom.